The molecule has 88 valence electrons. The van der Waals surface area contributed by atoms with Crippen LogP contribution < -0.4 is 4.74 Å². The Balaban J connectivity index is 1.90. The van der Waals surface area contributed by atoms with Crippen molar-refractivity contribution >= 4 is 27.5 Å². The van der Waals surface area contributed by atoms with Gasteiger partial charge < -0.3 is 9.47 Å². The molecule has 1 heterocycles. The van der Waals surface area contributed by atoms with Gasteiger partial charge >= 0.3 is 0 Å². The summed E-state index contributed by atoms with van der Waals surface area (Å²) in [6.07, 6.45) is 3.69. The maximum absolute atomic E-state index is 5.91. The Morgan fingerprint density at radius 3 is 3.06 bits per heavy atom. The first kappa shape index (κ1) is 12.2. The molecular weight excluding hydrogens is 291 g/mol. The molecule has 1 atom stereocenters. The molecule has 0 aliphatic carbocycles. The molecule has 4 heteroatoms. The van der Waals surface area contributed by atoms with E-state index >= 15 is 0 Å². The fraction of sp³-hybridized carbons (Fsp3) is 0.500. The summed E-state index contributed by atoms with van der Waals surface area (Å²) >= 11 is 9.34. The predicted octanol–water partition coefficient (Wildman–Crippen LogP) is 4.05. The molecule has 0 bridgehead atoms. The minimum absolute atomic E-state index is 0.222. The van der Waals surface area contributed by atoms with Crippen LogP contribution in [0, 0.1) is 0 Å². The number of hydrogen-bond donors (Lipinski definition) is 0. The lowest BCUT2D eigenvalue weighted by atomic mass is 10.1. The molecule has 0 aromatic heterocycles. The molecule has 1 aliphatic heterocycles. The van der Waals surface area contributed by atoms with Crippen molar-refractivity contribution < 1.29 is 9.47 Å². The highest BCUT2D eigenvalue weighted by Crippen LogP contribution is 2.28. The first-order valence-corrected chi connectivity index (χ1v) is 6.62. The molecule has 1 saturated heterocycles. The third-order valence-electron chi connectivity index (χ3n) is 2.59. The monoisotopic (exact) mass is 304 g/mol. The summed E-state index contributed by atoms with van der Waals surface area (Å²) in [7, 11) is 0. The molecule has 0 N–H and O–H groups in total. The van der Waals surface area contributed by atoms with E-state index in [1.165, 1.54) is 6.42 Å². The van der Waals surface area contributed by atoms with Gasteiger partial charge in [-0.1, -0.05) is 11.6 Å². The molecule has 1 fully saturated rings. The summed E-state index contributed by atoms with van der Waals surface area (Å²) in [5.41, 5.74) is 0. The summed E-state index contributed by atoms with van der Waals surface area (Å²) in [5, 5.41) is 0.683. The first-order chi connectivity index (χ1) is 7.75. The molecule has 0 saturated carbocycles. The number of hydrogen-bond acceptors (Lipinski definition) is 2. The molecule has 1 aliphatic rings. The Morgan fingerprint density at radius 2 is 2.31 bits per heavy atom. The lowest BCUT2D eigenvalue weighted by Gasteiger charge is -2.22. The molecule has 1 aromatic carbocycles. The SMILES string of the molecule is Clc1ccc(Br)c(OCC2CCCCO2)c1. The smallest absolute Gasteiger partial charge is 0.135 e. The fourth-order valence-corrected chi connectivity index (χ4v) is 2.23. The van der Waals surface area contributed by atoms with Gasteiger partial charge in [-0.25, -0.2) is 0 Å². The van der Waals surface area contributed by atoms with Crippen LogP contribution in [0.4, 0.5) is 0 Å². The standard InChI is InChI=1S/C12H14BrClO2/c13-11-5-4-9(14)7-12(11)16-8-10-3-1-2-6-15-10/h4-5,7,10H,1-3,6,8H2. The molecule has 1 aromatic rings. The van der Waals surface area contributed by atoms with Crippen LogP contribution in [-0.2, 0) is 4.74 Å². The van der Waals surface area contributed by atoms with Gasteiger partial charge in [0.15, 0.2) is 0 Å². The predicted molar refractivity (Wildman–Crippen MR) is 68.2 cm³/mol. The zero-order chi connectivity index (χ0) is 11.4. The number of ether oxygens (including phenoxy) is 2. The third-order valence-corrected chi connectivity index (χ3v) is 3.48. The molecule has 0 spiro atoms. The summed E-state index contributed by atoms with van der Waals surface area (Å²) < 4.78 is 12.2. The van der Waals surface area contributed by atoms with E-state index in [-0.39, 0.29) is 6.10 Å². The number of rotatable bonds is 3. The van der Waals surface area contributed by atoms with Gasteiger partial charge in [-0.05, 0) is 53.4 Å². The van der Waals surface area contributed by atoms with E-state index in [2.05, 4.69) is 15.9 Å². The van der Waals surface area contributed by atoms with E-state index in [0.717, 1.165) is 29.7 Å². The quantitative estimate of drug-likeness (QED) is 0.839. The lowest BCUT2D eigenvalue weighted by Crippen LogP contribution is -2.25. The maximum Gasteiger partial charge on any atom is 0.135 e. The second kappa shape index (κ2) is 5.89. The van der Waals surface area contributed by atoms with E-state index in [0.29, 0.717) is 11.6 Å². The zero-order valence-corrected chi connectivity index (χ0v) is 11.3. The molecule has 16 heavy (non-hydrogen) atoms. The van der Waals surface area contributed by atoms with E-state index in [4.69, 9.17) is 21.1 Å². The Kier molecular flexibility index (Phi) is 4.50. The van der Waals surface area contributed by atoms with Crippen molar-refractivity contribution in [2.45, 2.75) is 25.4 Å². The van der Waals surface area contributed by atoms with Crippen molar-refractivity contribution in [3.8, 4) is 5.75 Å². The van der Waals surface area contributed by atoms with Crippen molar-refractivity contribution in [1.82, 2.24) is 0 Å². The van der Waals surface area contributed by atoms with Crippen LogP contribution in [0.2, 0.25) is 5.02 Å². The van der Waals surface area contributed by atoms with Crippen LogP contribution in [0.5, 0.6) is 5.75 Å². The topological polar surface area (TPSA) is 18.5 Å². The highest BCUT2D eigenvalue weighted by atomic mass is 79.9. The normalized spacial score (nSPS) is 20.8. The van der Waals surface area contributed by atoms with Crippen molar-refractivity contribution in [2.75, 3.05) is 13.2 Å². The van der Waals surface area contributed by atoms with Gasteiger partial charge in [0.2, 0.25) is 0 Å². The van der Waals surface area contributed by atoms with Crippen LogP contribution >= 0.6 is 27.5 Å². The largest absolute Gasteiger partial charge is 0.490 e. The third kappa shape index (κ3) is 3.37. The summed E-state index contributed by atoms with van der Waals surface area (Å²) in [5.74, 6) is 0.779. The van der Waals surface area contributed by atoms with Crippen molar-refractivity contribution in [1.29, 1.82) is 0 Å². The van der Waals surface area contributed by atoms with Gasteiger partial charge in [-0.15, -0.1) is 0 Å². The van der Waals surface area contributed by atoms with Crippen LogP contribution in [0.15, 0.2) is 22.7 Å². The minimum Gasteiger partial charge on any atom is -0.490 e. The Labute approximate surface area is 109 Å². The van der Waals surface area contributed by atoms with Gasteiger partial charge in [-0.3, -0.25) is 0 Å². The molecule has 0 radical (unpaired) electrons. The molecule has 2 rings (SSSR count). The second-order valence-electron chi connectivity index (χ2n) is 3.87. The lowest BCUT2D eigenvalue weighted by molar-refractivity contribution is -0.0112. The average Bonchev–Trinajstić information content (AvgIpc) is 2.32. The van der Waals surface area contributed by atoms with Gasteiger partial charge in [-0.2, -0.15) is 0 Å². The summed E-state index contributed by atoms with van der Waals surface area (Å²) in [6.45, 7) is 1.45. The van der Waals surface area contributed by atoms with E-state index in [1.807, 2.05) is 18.2 Å². The second-order valence-corrected chi connectivity index (χ2v) is 5.17. The van der Waals surface area contributed by atoms with Gasteiger partial charge in [0.1, 0.15) is 12.4 Å². The van der Waals surface area contributed by atoms with E-state index < -0.39 is 0 Å². The Bertz CT molecular complexity index is 351. The van der Waals surface area contributed by atoms with Crippen LogP contribution in [-0.4, -0.2) is 19.3 Å². The van der Waals surface area contributed by atoms with Gasteiger partial charge in [0.25, 0.3) is 0 Å². The minimum atomic E-state index is 0.222. The fourth-order valence-electron chi connectivity index (χ4n) is 1.71. The van der Waals surface area contributed by atoms with Gasteiger partial charge in [0.05, 0.1) is 10.6 Å². The average molecular weight is 306 g/mol. The zero-order valence-electron chi connectivity index (χ0n) is 8.92. The van der Waals surface area contributed by atoms with E-state index in [1.54, 1.807) is 0 Å². The molecule has 0 amide bonds. The highest BCUT2D eigenvalue weighted by Gasteiger charge is 2.15. The van der Waals surface area contributed by atoms with Crippen molar-refractivity contribution in [3.05, 3.63) is 27.7 Å². The Morgan fingerprint density at radius 1 is 1.44 bits per heavy atom. The molecule has 1 unspecified atom stereocenters. The summed E-state index contributed by atoms with van der Waals surface area (Å²) in [6, 6.07) is 5.53. The Hall–Kier alpha value is -0.250. The first-order valence-electron chi connectivity index (χ1n) is 5.45. The van der Waals surface area contributed by atoms with Crippen LogP contribution in [0.1, 0.15) is 19.3 Å². The van der Waals surface area contributed by atoms with Crippen molar-refractivity contribution in [2.24, 2.45) is 0 Å². The van der Waals surface area contributed by atoms with E-state index in [9.17, 15) is 0 Å². The van der Waals surface area contributed by atoms with Crippen LogP contribution in [0.25, 0.3) is 0 Å². The molecule has 2 nitrogen and oxygen atoms in total. The number of benzene rings is 1. The van der Waals surface area contributed by atoms with Gasteiger partial charge in [0, 0.05) is 11.6 Å². The summed E-state index contributed by atoms with van der Waals surface area (Å²) in [4.78, 5) is 0. The maximum atomic E-state index is 5.91. The molecular formula is C12H14BrClO2. The van der Waals surface area contributed by atoms with Crippen LogP contribution in [0.3, 0.4) is 0 Å². The number of halogens is 2. The highest BCUT2D eigenvalue weighted by molar-refractivity contribution is 9.10. The van der Waals surface area contributed by atoms with Crippen molar-refractivity contribution in [3.63, 3.8) is 0 Å².